The molecule has 0 aliphatic heterocycles. The number of nitrogens with zero attached hydrogens (tertiary/aromatic N) is 3. The molecule has 0 aliphatic carbocycles. The monoisotopic (exact) mass is 530 g/mol. The van der Waals surface area contributed by atoms with Crippen LogP contribution in [0.5, 0.6) is 17.2 Å². The summed E-state index contributed by atoms with van der Waals surface area (Å²) >= 11 is 0. The third-order valence-electron chi connectivity index (χ3n) is 6.36. The predicted molar refractivity (Wildman–Crippen MR) is 154 cm³/mol. The third kappa shape index (κ3) is 5.98. The van der Waals surface area contributed by atoms with Gasteiger partial charge in [-0.1, -0.05) is 18.2 Å². The van der Waals surface area contributed by atoms with Gasteiger partial charge in [0.2, 0.25) is 5.95 Å². The van der Waals surface area contributed by atoms with Crippen molar-refractivity contribution in [2.75, 3.05) is 38.1 Å². The number of carboxylic acid groups (broad SMARTS) is 1. The standard InChI is InChI=1S/C30H34N4O5/c1-30(2,3)34(29(35)36)25-17-21(16-20-10-11-22(37-4)18-23(20)25)24-13-15-32-28(33-24)31-14-12-19-8-7-9-26(38-5)27(19)39-6/h7-11,13,15-18H,12,14H2,1-6H3,(H,35,36)(H,31,32,33). The number of hydrogen-bond donors (Lipinski definition) is 2. The van der Waals surface area contributed by atoms with E-state index in [9.17, 15) is 9.90 Å². The zero-order valence-corrected chi connectivity index (χ0v) is 23.1. The van der Waals surface area contributed by atoms with Gasteiger partial charge in [-0.25, -0.2) is 14.8 Å². The summed E-state index contributed by atoms with van der Waals surface area (Å²) in [7, 11) is 4.83. The van der Waals surface area contributed by atoms with Crippen molar-refractivity contribution >= 4 is 28.5 Å². The molecule has 1 heterocycles. The Bertz CT molecular complexity index is 1480. The summed E-state index contributed by atoms with van der Waals surface area (Å²) in [6.07, 6.45) is 1.32. The number of carbonyl (C=O) groups is 1. The minimum atomic E-state index is -1.04. The lowest BCUT2D eigenvalue weighted by Crippen LogP contribution is -2.45. The number of nitrogens with one attached hydrogen (secondary N) is 1. The average molecular weight is 531 g/mol. The van der Waals surface area contributed by atoms with E-state index in [0.717, 1.165) is 21.9 Å². The number of ether oxygens (including phenoxy) is 3. The van der Waals surface area contributed by atoms with Gasteiger partial charge < -0.3 is 24.6 Å². The summed E-state index contributed by atoms with van der Waals surface area (Å²) in [5.41, 5.74) is 2.33. The van der Waals surface area contributed by atoms with E-state index in [1.807, 2.05) is 75.4 Å². The maximum absolute atomic E-state index is 12.4. The second kappa shape index (κ2) is 11.5. The van der Waals surface area contributed by atoms with E-state index in [4.69, 9.17) is 19.2 Å². The smallest absolute Gasteiger partial charge is 0.412 e. The predicted octanol–water partition coefficient (Wildman–Crippen LogP) is 6.26. The van der Waals surface area contributed by atoms with E-state index in [-0.39, 0.29) is 0 Å². The zero-order valence-electron chi connectivity index (χ0n) is 23.1. The van der Waals surface area contributed by atoms with Crippen molar-refractivity contribution in [3.63, 3.8) is 0 Å². The van der Waals surface area contributed by atoms with E-state index < -0.39 is 11.6 Å². The lowest BCUT2D eigenvalue weighted by atomic mass is 9.98. The van der Waals surface area contributed by atoms with Crippen LogP contribution in [0.15, 0.2) is 60.8 Å². The van der Waals surface area contributed by atoms with Crippen LogP contribution in [0.25, 0.3) is 22.0 Å². The number of para-hydroxylation sites is 1. The first-order chi connectivity index (χ1) is 18.7. The highest BCUT2D eigenvalue weighted by Gasteiger charge is 2.30. The Balaban J connectivity index is 1.68. The van der Waals surface area contributed by atoms with Gasteiger partial charge in [0.1, 0.15) is 5.75 Å². The van der Waals surface area contributed by atoms with Gasteiger partial charge in [-0.2, -0.15) is 0 Å². The molecular formula is C30H34N4O5. The lowest BCUT2D eigenvalue weighted by Gasteiger charge is -2.34. The first-order valence-electron chi connectivity index (χ1n) is 12.6. The van der Waals surface area contributed by atoms with Crippen LogP contribution in [0.2, 0.25) is 0 Å². The van der Waals surface area contributed by atoms with Gasteiger partial charge in [0, 0.05) is 29.2 Å². The second-order valence-electron chi connectivity index (χ2n) is 9.97. The van der Waals surface area contributed by atoms with Gasteiger partial charge in [-0.15, -0.1) is 0 Å². The minimum absolute atomic E-state index is 0.469. The van der Waals surface area contributed by atoms with Crippen LogP contribution in [0, 0.1) is 0 Å². The summed E-state index contributed by atoms with van der Waals surface area (Å²) < 4.78 is 16.3. The van der Waals surface area contributed by atoms with Gasteiger partial charge >= 0.3 is 6.09 Å². The molecule has 0 atom stereocenters. The molecule has 9 nitrogen and oxygen atoms in total. The molecule has 204 valence electrons. The second-order valence-corrected chi connectivity index (χ2v) is 9.97. The highest BCUT2D eigenvalue weighted by Crippen LogP contribution is 2.38. The van der Waals surface area contributed by atoms with Crippen molar-refractivity contribution in [2.24, 2.45) is 0 Å². The topological polar surface area (TPSA) is 106 Å². The Morgan fingerprint density at radius 1 is 1.00 bits per heavy atom. The number of methoxy groups -OCH3 is 3. The lowest BCUT2D eigenvalue weighted by molar-refractivity contribution is 0.196. The molecule has 0 bridgehead atoms. The van der Waals surface area contributed by atoms with Crippen molar-refractivity contribution in [1.82, 2.24) is 9.97 Å². The summed E-state index contributed by atoms with van der Waals surface area (Å²) in [6, 6.07) is 17.1. The number of hydrogen-bond acceptors (Lipinski definition) is 7. The quantitative estimate of drug-likeness (QED) is 0.261. The zero-order chi connectivity index (χ0) is 28.2. The first-order valence-corrected chi connectivity index (χ1v) is 12.6. The van der Waals surface area contributed by atoms with E-state index in [1.54, 1.807) is 27.5 Å². The molecule has 0 unspecified atom stereocenters. The van der Waals surface area contributed by atoms with Gasteiger partial charge in [0.25, 0.3) is 0 Å². The molecule has 2 N–H and O–H groups in total. The van der Waals surface area contributed by atoms with Gasteiger partial charge in [0.05, 0.1) is 32.7 Å². The summed E-state index contributed by atoms with van der Waals surface area (Å²) in [5, 5.41) is 15.1. The summed E-state index contributed by atoms with van der Waals surface area (Å²) in [5.74, 6) is 2.51. The molecule has 0 aliphatic rings. The Labute approximate surface area is 228 Å². The van der Waals surface area contributed by atoms with Gasteiger partial charge in [-0.05, 0) is 74.5 Å². The van der Waals surface area contributed by atoms with E-state index in [0.29, 0.717) is 47.5 Å². The molecular weight excluding hydrogens is 496 g/mol. The molecule has 4 aromatic rings. The van der Waals surface area contributed by atoms with Crippen LogP contribution in [-0.2, 0) is 6.42 Å². The maximum atomic E-state index is 12.4. The Hall–Kier alpha value is -4.53. The molecule has 0 radical (unpaired) electrons. The molecule has 3 aromatic carbocycles. The van der Waals surface area contributed by atoms with Crippen molar-refractivity contribution in [3.05, 3.63) is 66.4 Å². The fourth-order valence-electron chi connectivity index (χ4n) is 4.59. The highest BCUT2D eigenvalue weighted by atomic mass is 16.5. The fourth-order valence-corrected chi connectivity index (χ4v) is 4.59. The number of rotatable bonds is 9. The molecule has 0 spiro atoms. The number of benzene rings is 3. The molecule has 4 rings (SSSR count). The molecule has 1 amide bonds. The van der Waals surface area contributed by atoms with Crippen molar-refractivity contribution in [1.29, 1.82) is 0 Å². The molecule has 39 heavy (non-hydrogen) atoms. The number of fused-ring (bicyclic) bond motifs is 1. The fraction of sp³-hybridized carbons (Fsp3) is 0.300. The maximum Gasteiger partial charge on any atom is 0.412 e. The number of amides is 1. The SMILES string of the molecule is COc1ccc2cc(-c3ccnc(NCCc4cccc(OC)c4OC)n3)cc(N(C(=O)O)C(C)(C)C)c2c1. The molecule has 0 fully saturated rings. The van der Waals surface area contributed by atoms with E-state index in [2.05, 4.69) is 10.3 Å². The molecule has 0 saturated heterocycles. The van der Waals surface area contributed by atoms with Crippen LogP contribution in [0.1, 0.15) is 26.3 Å². The van der Waals surface area contributed by atoms with E-state index >= 15 is 0 Å². The van der Waals surface area contributed by atoms with Crippen LogP contribution in [0.4, 0.5) is 16.4 Å². The number of aromatic nitrogens is 2. The summed E-state index contributed by atoms with van der Waals surface area (Å²) in [4.78, 5) is 22.9. The third-order valence-corrected chi connectivity index (χ3v) is 6.36. The largest absolute Gasteiger partial charge is 0.497 e. The van der Waals surface area contributed by atoms with Crippen LogP contribution in [-0.4, -0.2) is 54.6 Å². The van der Waals surface area contributed by atoms with Crippen LogP contribution in [0.3, 0.4) is 0 Å². The van der Waals surface area contributed by atoms with Crippen LogP contribution >= 0.6 is 0 Å². The van der Waals surface area contributed by atoms with E-state index in [1.165, 1.54) is 4.90 Å². The summed E-state index contributed by atoms with van der Waals surface area (Å²) in [6.45, 7) is 6.17. The average Bonchev–Trinajstić information content (AvgIpc) is 2.91. The Morgan fingerprint density at radius 2 is 1.79 bits per heavy atom. The Kier molecular flexibility index (Phi) is 8.09. The number of anilines is 2. The van der Waals surface area contributed by atoms with Gasteiger partial charge in [0.15, 0.2) is 11.5 Å². The van der Waals surface area contributed by atoms with Crippen LogP contribution < -0.4 is 24.4 Å². The highest BCUT2D eigenvalue weighted by molar-refractivity contribution is 6.04. The normalized spacial score (nSPS) is 11.2. The van der Waals surface area contributed by atoms with Gasteiger partial charge in [-0.3, -0.25) is 4.90 Å². The van der Waals surface area contributed by atoms with Crippen molar-refractivity contribution < 1.29 is 24.1 Å². The first kappa shape index (κ1) is 27.5. The molecule has 0 saturated carbocycles. The van der Waals surface area contributed by atoms with Crippen molar-refractivity contribution in [2.45, 2.75) is 32.7 Å². The minimum Gasteiger partial charge on any atom is -0.497 e. The van der Waals surface area contributed by atoms with Crippen molar-refractivity contribution in [3.8, 4) is 28.5 Å². The molecule has 9 heteroatoms. The molecule has 1 aromatic heterocycles. The Morgan fingerprint density at radius 3 is 2.46 bits per heavy atom.